The van der Waals surface area contributed by atoms with Gasteiger partial charge in [0.15, 0.2) is 0 Å². The minimum Gasteiger partial charge on any atom is -0.385 e. The summed E-state index contributed by atoms with van der Waals surface area (Å²) >= 11 is 0. The molecule has 1 heteroatoms. The van der Waals surface area contributed by atoms with Gasteiger partial charge < -0.3 is 5.32 Å². The van der Waals surface area contributed by atoms with E-state index in [9.17, 15) is 0 Å². The summed E-state index contributed by atoms with van der Waals surface area (Å²) in [6.07, 6.45) is 1.21. The highest BCUT2D eigenvalue weighted by molar-refractivity contribution is 5.56. The zero-order chi connectivity index (χ0) is 6.97. The van der Waals surface area contributed by atoms with E-state index in [1.807, 2.05) is 0 Å². The highest BCUT2D eigenvalue weighted by Crippen LogP contribution is 2.29. The number of rotatable bonds is 2. The molecule has 1 aliphatic carbocycles. The first-order chi connectivity index (χ1) is 4.90. The molecule has 0 saturated heterocycles. The van der Waals surface area contributed by atoms with Gasteiger partial charge in [0.05, 0.1) is 0 Å². The van der Waals surface area contributed by atoms with Crippen LogP contribution in [0.1, 0.15) is 18.1 Å². The van der Waals surface area contributed by atoms with Crippen molar-refractivity contribution in [2.75, 3.05) is 11.9 Å². The first-order valence-electron chi connectivity index (χ1n) is 3.76. The molecule has 0 unspecified atom stereocenters. The molecule has 0 atom stereocenters. The van der Waals surface area contributed by atoms with Crippen molar-refractivity contribution in [2.24, 2.45) is 0 Å². The van der Waals surface area contributed by atoms with E-state index in [1.54, 1.807) is 0 Å². The number of hydrogen-bond donors (Lipinski definition) is 1. The van der Waals surface area contributed by atoms with E-state index in [0.29, 0.717) is 0 Å². The summed E-state index contributed by atoms with van der Waals surface area (Å²) in [5.41, 5.74) is 4.29. The van der Waals surface area contributed by atoms with Gasteiger partial charge in [-0.05, 0) is 36.6 Å². The fraction of sp³-hybridized carbons (Fsp3) is 0.333. The van der Waals surface area contributed by atoms with Crippen molar-refractivity contribution in [3.63, 3.8) is 0 Å². The monoisotopic (exact) mass is 133 g/mol. The number of benzene rings is 1. The first-order valence-corrected chi connectivity index (χ1v) is 3.76. The van der Waals surface area contributed by atoms with Gasteiger partial charge in [-0.25, -0.2) is 0 Å². The summed E-state index contributed by atoms with van der Waals surface area (Å²) in [6, 6.07) is 6.58. The zero-order valence-corrected chi connectivity index (χ0v) is 6.15. The van der Waals surface area contributed by atoms with E-state index < -0.39 is 0 Å². The zero-order valence-electron chi connectivity index (χ0n) is 6.15. The average molecular weight is 133 g/mol. The number of hydrogen-bond acceptors (Lipinski definition) is 1. The van der Waals surface area contributed by atoms with Crippen molar-refractivity contribution in [2.45, 2.75) is 13.3 Å². The Balaban J connectivity index is 2.22. The molecule has 1 nitrogen and oxygen atoms in total. The molecule has 0 fully saturated rings. The van der Waals surface area contributed by atoms with E-state index >= 15 is 0 Å². The van der Waals surface area contributed by atoms with Crippen molar-refractivity contribution in [3.05, 3.63) is 29.3 Å². The lowest BCUT2D eigenvalue weighted by Gasteiger charge is -1.99. The highest BCUT2D eigenvalue weighted by atomic mass is 14.8. The predicted molar refractivity (Wildman–Crippen MR) is 43.4 cm³/mol. The molecular weight excluding hydrogens is 122 g/mol. The van der Waals surface area contributed by atoms with Crippen LogP contribution in [-0.2, 0) is 6.42 Å². The maximum Gasteiger partial charge on any atom is 0.0343 e. The van der Waals surface area contributed by atoms with E-state index in [-0.39, 0.29) is 0 Å². The van der Waals surface area contributed by atoms with Gasteiger partial charge in [-0.15, -0.1) is 0 Å². The number of fused-ring (bicyclic) bond motifs is 1. The molecule has 0 amide bonds. The maximum absolute atomic E-state index is 3.28. The molecule has 0 aromatic heterocycles. The van der Waals surface area contributed by atoms with E-state index in [2.05, 4.69) is 30.4 Å². The molecule has 0 radical (unpaired) electrons. The van der Waals surface area contributed by atoms with Crippen LogP contribution in [-0.4, -0.2) is 6.54 Å². The average Bonchev–Trinajstić information content (AvgIpc) is 2.66. The summed E-state index contributed by atoms with van der Waals surface area (Å²) < 4.78 is 0. The molecule has 2 rings (SSSR count). The fourth-order valence-corrected chi connectivity index (χ4v) is 1.21. The van der Waals surface area contributed by atoms with E-state index in [4.69, 9.17) is 0 Å². The van der Waals surface area contributed by atoms with Crippen LogP contribution in [0.2, 0.25) is 0 Å². The quantitative estimate of drug-likeness (QED) is 0.661. The Hall–Kier alpha value is -0.980. The molecule has 1 aromatic carbocycles. The van der Waals surface area contributed by atoms with Gasteiger partial charge in [-0.3, -0.25) is 0 Å². The van der Waals surface area contributed by atoms with Crippen LogP contribution >= 0.6 is 0 Å². The van der Waals surface area contributed by atoms with Gasteiger partial charge in [0.2, 0.25) is 0 Å². The molecule has 1 aromatic rings. The molecule has 0 spiro atoms. The van der Waals surface area contributed by atoms with Gasteiger partial charge in [0.1, 0.15) is 0 Å². The van der Waals surface area contributed by atoms with Crippen LogP contribution in [0.15, 0.2) is 18.2 Å². The Kier molecular flexibility index (Phi) is 1.16. The molecule has 52 valence electrons. The number of anilines is 1. The van der Waals surface area contributed by atoms with Crippen molar-refractivity contribution < 1.29 is 0 Å². The predicted octanol–water partition coefficient (Wildman–Crippen LogP) is 2.02. The van der Waals surface area contributed by atoms with Gasteiger partial charge in [0.25, 0.3) is 0 Å². The Labute approximate surface area is 61.1 Å². The van der Waals surface area contributed by atoms with Crippen molar-refractivity contribution in [1.29, 1.82) is 0 Å². The van der Waals surface area contributed by atoms with E-state index in [1.165, 1.54) is 23.2 Å². The van der Waals surface area contributed by atoms with Crippen molar-refractivity contribution in [3.8, 4) is 0 Å². The smallest absolute Gasteiger partial charge is 0.0343 e. The topological polar surface area (TPSA) is 12.0 Å². The Morgan fingerprint density at radius 1 is 1.40 bits per heavy atom. The van der Waals surface area contributed by atoms with Gasteiger partial charge in [0, 0.05) is 12.2 Å². The molecule has 0 bridgehead atoms. The molecule has 1 N–H and O–H groups in total. The first kappa shape index (κ1) is 5.78. The van der Waals surface area contributed by atoms with Crippen molar-refractivity contribution in [1.82, 2.24) is 0 Å². The van der Waals surface area contributed by atoms with Crippen LogP contribution in [0, 0.1) is 0 Å². The second-order valence-corrected chi connectivity index (χ2v) is 2.69. The standard InChI is InChI=1S/C9H11N/c1-2-10-9-4-3-7-5-8(7)6-9/h3-4,6,10H,2,5H2,1H3. The normalized spacial score (nSPS) is 12.5. The second kappa shape index (κ2) is 2.01. The van der Waals surface area contributed by atoms with Crippen LogP contribution in [0.25, 0.3) is 0 Å². The van der Waals surface area contributed by atoms with Crippen LogP contribution < -0.4 is 5.32 Å². The third kappa shape index (κ3) is 0.878. The Morgan fingerprint density at radius 2 is 2.30 bits per heavy atom. The molecule has 0 heterocycles. The van der Waals surface area contributed by atoms with E-state index in [0.717, 1.165) is 6.54 Å². The summed E-state index contributed by atoms with van der Waals surface area (Å²) in [6.45, 7) is 3.13. The summed E-state index contributed by atoms with van der Waals surface area (Å²) in [5.74, 6) is 0. The fourth-order valence-electron chi connectivity index (χ4n) is 1.21. The third-order valence-corrected chi connectivity index (χ3v) is 1.84. The third-order valence-electron chi connectivity index (χ3n) is 1.84. The van der Waals surface area contributed by atoms with Crippen LogP contribution in [0.4, 0.5) is 5.69 Å². The summed E-state index contributed by atoms with van der Waals surface area (Å²) in [4.78, 5) is 0. The Morgan fingerprint density at radius 3 is 3.00 bits per heavy atom. The largest absolute Gasteiger partial charge is 0.385 e. The highest BCUT2D eigenvalue weighted by Gasteiger charge is 2.15. The minimum absolute atomic E-state index is 1.01. The van der Waals surface area contributed by atoms with Crippen LogP contribution in [0.5, 0.6) is 0 Å². The molecule has 10 heavy (non-hydrogen) atoms. The van der Waals surface area contributed by atoms with Gasteiger partial charge in [-0.1, -0.05) is 6.07 Å². The molecular formula is C9H11N. The van der Waals surface area contributed by atoms with Crippen LogP contribution in [0.3, 0.4) is 0 Å². The SMILES string of the molecule is CCNc1ccc2c(c1)C2. The Bertz CT molecular complexity index is 253. The summed E-state index contributed by atoms with van der Waals surface area (Å²) in [5, 5.41) is 3.28. The van der Waals surface area contributed by atoms with Gasteiger partial charge >= 0.3 is 0 Å². The van der Waals surface area contributed by atoms with Crippen molar-refractivity contribution >= 4 is 5.69 Å². The lowest BCUT2D eigenvalue weighted by molar-refractivity contribution is 1.21. The second-order valence-electron chi connectivity index (χ2n) is 2.69. The molecule has 1 aliphatic rings. The lowest BCUT2D eigenvalue weighted by atomic mass is 10.3. The summed E-state index contributed by atoms with van der Waals surface area (Å²) in [7, 11) is 0. The minimum atomic E-state index is 1.01. The van der Waals surface area contributed by atoms with Gasteiger partial charge in [-0.2, -0.15) is 0 Å². The molecule has 0 saturated carbocycles. The number of nitrogens with one attached hydrogen (secondary N) is 1. The molecule has 0 aliphatic heterocycles. The lowest BCUT2D eigenvalue weighted by Crippen LogP contribution is -1.94. The maximum atomic E-state index is 3.28.